The smallest absolute Gasteiger partial charge is 0.294 e. The Morgan fingerprint density at radius 2 is 1.46 bits per heavy atom. The number of carbonyl (C=O) groups excluding carboxylic acids is 1. The van der Waals surface area contributed by atoms with E-state index < -0.39 is 4.92 Å². The third kappa shape index (κ3) is 6.58. The van der Waals surface area contributed by atoms with E-state index in [2.05, 4.69) is 0 Å². The summed E-state index contributed by atoms with van der Waals surface area (Å²) in [6.07, 6.45) is 19.8. The van der Waals surface area contributed by atoms with Crippen LogP contribution in [0.1, 0.15) is 5.56 Å². The Hall–Kier alpha value is -1.45. The number of para-hydroxylation sites is 1. The number of allylic oxidation sites excluding steroid dienone is 1. The molecule has 1 aromatic rings. The molecular formula is C19H15FeNO3+2. The van der Waals surface area contributed by atoms with Crippen molar-refractivity contribution in [1.29, 1.82) is 0 Å². The van der Waals surface area contributed by atoms with Crippen molar-refractivity contribution in [3.8, 4) is 0 Å². The van der Waals surface area contributed by atoms with Crippen molar-refractivity contribution >= 4 is 17.5 Å². The summed E-state index contributed by atoms with van der Waals surface area (Å²) in [6, 6.07) is 6.30. The second-order valence-corrected chi connectivity index (χ2v) is 4.65. The molecule has 0 saturated heterocycles. The molecule has 0 aliphatic heterocycles. The van der Waals surface area contributed by atoms with Gasteiger partial charge < -0.3 is 0 Å². The zero-order valence-corrected chi connectivity index (χ0v) is 13.8. The first-order chi connectivity index (χ1) is 11.2. The Kier molecular flexibility index (Phi) is 9.58. The third-order valence-corrected chi connectivity index (χ3v) is 3.05. The number of hydrogen-bond acceptors (Lipinski definition) is 3. The fourth-order valence-electron chi connectivity index (χ4n) is 1.92. The average Bonchev–Trinajstić information content (AvgIpc) is 3.28. The summed E-state index contributed by atoms with van der Waals surface area (Å²) in [4.78, 5) is 22.0. The molecule has 24 heavy (non-hydrogen) atoms. The van der Waals surface area contributed by atoms with Crippen molar-refractivity contribution in [3.05, 3.63) is 110 Å². The third-order valence-electron chi connectivity index (χ3n) is 3.05. The summed E-state index contributed by atoms with van der Waals surface area (Å²) >= 11 is 0. The van der Waals surface area contributed by atoms with E-state index in [0.717, 1.165) is 0 Å². The van der Waals surface area contributed by atoms with E-state index in [1.807, 2.05) is 32.1 Å². The number of carbonyl (C=O) groups is 1. The number of nitrogens with zero attached hydrogens (tertiary/aromatic N) is 1. The quantitative estimate of drug-likeness (QED) is 0.356. The van der Waals surface area contributed by atoms with Gasteiger partial charge in [-0.1, -0.05) is 12.1 Å². The standard InChI is InChI=1S/C14H10NO3.C5H5.Fe/c16-14(12-6-1-2-7-12)10-9-11-5-3-4-8-13(11)15(17)18;1-2-4-5-3-1;/h1-10H;1-5H;/q;;+2/b10-9+;;. The number of rotatable bonds is 4. The predicted octanol–water partition coefficient (Wildman–Crippen LogP) is 3.60. The van der Waals surface area contributed by atoms with Crippen molar-refractivity contribution in [1.82, 2.24) is 0 Å². The van der Waals surface area contributed by atoms with E-state index in [9.17, 15) is 14.9 Å². The number of nitro groups is 1. The van der Waals surface area contributed by atoms with E-state index in [1.165, 1.54) is 18.2 Å². The van der Waals surface area contributed by atoms with Crippen LogP contribution in [0.2, 0.25) is 0 Å². The average molecular weight is 361 g/mol. The topological polar surface area (TPSA) is 60.2 Å². The van der Waals surface area contributed by atoms with Gasteiger partial charge in [0.05, 0.1) is 16.4 Å². The van der Waals surface area contributed by atoms with Crippen LogP contribution in [-0.2, 0) is 21.9 Å². The van der Waals surface area contributed by atoms with Crippen LogP contribution in [-0.4, -0.2) is 10.7 Å². The van der Waals surface area contributed by atoms with E-state index in [4.69, 9.17) is 0 Å². The monoisotopic (exact) mass is 361 g/mol. The van der Waals surface area contributed by atoms with Gasteiger partial charge in [-0.3, -0.25) is 14.9 Å². The van der Waals surface area contributed by atoms with Gasteiger partial charge in [-0.2, -0.15) is 0 Å². The van der Waals surface area contributed by atoms with E-state index in [1.54, 1.807) is 43.9 Å². The van der Waals surface area contributed by atoms with Crippen LogP contribution in [0.25, 0.3) is 6.08 Å². The van der Waals surface area contributed by atoms with E-state index >= 15 is 0 Å². The summed E-state index contributed by atoms with van der Waals surface area (Å²) < 4.78 is 0. The predicted molar refractivity (Wildman–Crippen MR) is 89.1 cm³/mol. The molecular weight excluding hydrogens is 346 g/mol. The fourth-order valence-corrected chi connectivity index (χ4v) is 1.92. The van der Waals surface area contributed by atoms with Gasteiger partial charge in [-0.05, 0) is 76.0 Å². The first kappa shape index (κ1) is 20.6. The second kappa shape index (κ2) is 11.2. The van der Waals surface area contributed by atoms with E-state index in [0.29, 0.717) is 11.5 Å². The molecule has 0 spiro atoms. The second-order valence-electron chi connectivity index (χ2n) is 4.65. The molecule has 5 heteroatoms. The molecule has 0 heterocycles. The molecule has 4 nitrogen and oxygen atoms in total. The molecule has 0 N–H and O–H groups in total. The Morgan fingerprint density at radius 3 is 2.00 bits per heavy atom. The van der Waals surface area contributed by atoms with Crippen molar-refractivity contribution in [2.24, 2.45) is 0 Å². The zero-order chi connectivity index (χ0) is 16.5. The van der Waals surface area contributed by atoms with Gasteiger partial charge in [0.2, 0.25) is 0 Å². The van der Waals surface area contributed by atoms with Gasteiger partial charge in [0, 0.05) is 6.07 Å². The molecule has 1 aromatic carbocycles. The van der Waals surface area contributed by atoms with Crippen LogP contribution in [0.3, 0.4) is 0 Å². The molecule has 0 amide bonds. The van der Waals surface area contributed by atoms with Crippen molar-refractivity contribution in [3.63, 3.8) is 0 Å². The maximum atomic E-state index is 11.7. The SMILES string of the molecule is O=C(/C=C/c1ccccc1[N+](=O)[O-])[C]1[CH][CH][CH][CH]1.[CH]1[CH][CH][CH][CH]1.[Fe+2]. The van der Waals surface area contributed by atoms with Gasteiger partial charge in [0.15, 0.2) is 5.78 Å². The number of ketones is 1. The minimum atomic E-state index is -0.466. The number of nitro benzene ring substituents is 1. The van der Waals surface area contributed by atoms with Crippen molar-refractivity contribution < 1.29 is 26.8 Å². The Morgan fingerprint density at radius 1 is 0.917 bits per heavy atom. The molecule has 120 valence electrons. The molecule has 2 fully saturated rings. The Bertz CT molecular complexity index is 554. The first-order valence-electron chi connectivity index (χ1n) is 7.02. The summed E-state index contributed by atoms with van der Waals surface area (Å²) in [7, 11) is 0. The molecule has 10 radical (unpaired) electrons. The molecule has 3 rings (SSSR count). The van der Waals surface area contributed by atoms with E-state index in [-0.39, 0.29) is 28.5 Å². The van der Waals surface area contributed by atoms with Gasteiger partial charge in [0.1, 0.15) is 0 Å². The first-order valence-corrected chi connectivity index (χ1v) is 7.02. The summed E-state index contributed by atoms with van der Waals surface area (Å²) in [5.41, 5.74) is 0.409. The molecule has 2 aliphatic carbocycles. The summed E-state index contributed by atoms with van der Waals surface area (Å²) in [5, 5.41) is 10.8. The molecule has 0 atom stereocenters. The maximum absolute atomic E-state index is 11.7. The van der Waals surface area contributed by atoms with Gasteiger partial charge in [0.25, 0.3) is 5.69 Å². The zero-order valence-electron chi connectivity index (χ0n) is 12.7. The van der Waals surface area contributed by atoms with Gasteiger partial charge >= 0.3 is 17.1 Å². The number of benzene rings is 1. The molecule has 0 bridgehead atoms. The van der Waals surface area contributed by atoms with Crippen molar-refractivity contribution in [2.75, 3.05) is 0 Å². The van der Waals surface area contributed by atoms with Crippen LogP contribution < -0.4 is 0 Å². The Labute approximate surface area is 154 Å². The van der Waals surface area contributed by atoms with Crippen LogP contribution in [0.4, 0.5) is 5.69 Å². The van der Waals surface area contributed by atoms with Crippen LogP contribution in [0.15, 0.2) is 30.3 Å². The largest absolute Gasteiger partial charge is 2.00 e. The Balaban J connectivity index is 0.000000412. The van der Waals surface area contributed by atoms with Gasteiger partial charge in [-0.15, -0.1) is 0 Å². The van der Waals surface area contributed by atoms with Crippen LogP contribution in [0.5, 0.6) is 0 Å². The molecule has 0 unspecified atom stereocenters. The summed E-state index contributed by atoms with van der Waals surface area (Å²) in [6.45, 7) is 0. The fraction of sp³-hybridized carbons (Fsp3) is 0. The van der Waals surface area contributed by atoms with Crippen molar-refractivity contribution in [2.45, 2.75) is 0 Å². The maximum Gasteiger partial charge on any atom is 2.00 e. The van der Waals surface area contributed by atoms with Crippen LogP contribution >= 0.6 is 0 Å². The molecule has 2 saturated carbocycles. The van der Waals surface area contributed by atoms with Gasteiger partial charge in [-0.25, -0.2) is 0 Å². The molecule has 2 aliphatic rings. The van der Waals surface area contributed by atoms with Crippen LogP contribution in [0, 0.1) is 73.8 Å². The minimum absolute atomic E-state index is 0. The number of hydrogen-bond donors (Lipinski definition) is 0. The minimum Gasteiger partial charge on any atom is -0.294 e. The molecule has 0 aromatic heterocycles. The summed E-state index contributed by atoms with van der Waals surface area (Å²) in [5.74, 6) is 0.406. The normalized spacial score (nSPS) is 17.2.